The molecule has 5 rings (SSSR count). The molecule has 0 saturated carbocycles. The van der Waals surface area contributed by atoms with Gasteiger partial charge in [0.05, 0.1) is 36.6 Å². The van der Waals surface area contributed by atoms with E-state index in [0.29, 0.717) is 24.3 Å². The van der Waals surface area contributed by atoms with Crippen molar-refractivity contribution in [1.82, 2.24) is 34.7 Å². The van der Waals surface area contributed by atoms with Crippen LogP contribution in [-0.2, 0) is 0 Å². The maximum atomic E-state index is 9.47. The van der Waals surface area contributed by atoms with Gasteiger partial charge in [0.15, 0.2) is 0 Å². The first-order valence-electron chi connectivity index (χ1n) is 9.93. The number of nitriles is 2. The molecule has 10 nitrogen and oxygen atoms in total. The number of hydrogen-bond donors (Lipinski definition) is 1. The fourth-order valence-electron chi connectivity index (χ4n) is 4.26. The number of fused-ring (bicyclic) bond motifs is 1. The molecule has 0 spiro atoms. The number of aromatic amines is 1. The van der Waals surface area contributed by atoms with Crippen molar-refractivity contribution >= 4 is 16.9 Å². The predicted octanol–water partition coefficient (Wildman–Crippen LogP) is 2.46. The van der Waals surface area contributed by atoms with Gasteiger partial charge >= 0.3 is 0 Å². The molecule has 0 radical (unpaired) electrons. The Labute approximate surface area is 177 Å². The van der Waals surface area contributed by atoms with E-state index >= 15 is 0 Å². The highest BCUT2D eigenvalue weighted by Crippen LogP contribution is 2.34. The molecule has 5 heterocycles. The number of hydrogen-bond acceptors (Lipinski definition) is 8. The fraction of sp³-hybridized carbons (Fsp3) is 0.286. The van der Waals surface area contributed by atoms with Crippen LogP contribution in [-0.4, -0.2) is 47.8 Å². The van der Waals surface area contributed by atoms with Crippen LogP contribution in [0.3, 0.4) is 0 Å². The number of aromatic nitrogens is 7. The van der Waals surface area contributed by atoms with Crippen LogP contribution in [0.2, 0.25) is 0 Å². The first kappa shape index (κ1) is 18.7. The summed E-state index contributed by atoms with van der Waals surface area (Å²) in [5.41, 5.74) is 2.92. The zero-order chi connectivity index (χ0) is 21.2. The molecule has 0 aliphatic carbocycles. The van der Waals surface area contributed by atoms with Gasteiger partial charge < -0.3 is 9.88 Å². The second kappa shape index (κ2) is 7.84. The molecule has 1 fully saturated rings. The van der Waals surface area contributed by atoms with Crippen LogP contribution in [0.25, 0.3) is 22.3 Å². The van der Waals surface area contributed by atoms with E-state index in [9.17, 15) is 10.5 Å². The van der Waals surface area contributed by atoms with Gasteiger partial charge in [-0.25, -0.2) is 19.9 Å². The van der Waals surface area contributed by atoms with Gasteiger partial charge in [0.2, 0.25) is 0 Å². The molecule has 1 saturated heterocycles. The standard InChI is InChI=1S/C21H18N10/c22-4-1-18(14-3-6-30(10-14)21-15(7-23)8-24-12-28-21)31-11-16(9-29-31)19-17-2-5-25-20(17)27-13-26-19/h2,5,8-9,11-14,18H,1,3,6,10H2,(H,25,26,27). The van der Waals surface area contributed by atoms with E-state index in [4.69, 9.17) is 0 Å². The van der Waals surface area contributed by atoms with Crippen molar-refractivity contribution in [3.63, 3.8) is 0 Å². The van der Waals surface area contributed by atoms with E-state index in [1.165, 1.54) is 18.9 Å². The van der Waals surface area contributed by atoms with Crippen LogP contribution in [0.4, 0.5) is 5.82 Å². The largest absolute Gasteiger partial charge is 0.355 e. The molecule has 4 aromatic rings. The van der Waals surface area contributed by atoms with Crippen molar-refractivity contribution in [2.24, 2.45) is 5.92 Å². The van der Waals surface area contributed by atoms with Crippen LogP contribution in [0.1, 0.15) is 24.4 Å². The van der Waals surface area contributed by atoms with Gasteiger partial charge in [0.25, 0.3) is 0 Å². The van der Waals surface area contributed by atoms with E-state index in [-0.39, 0.29) is 12.0 Å². The molecule has 1 aliphatic heterocycles. The van der Waals surface area contributed by atoms with Crippen molar-refractivity contribution in [2.75, 3.05) is 18.0 Å². The van der Waals surface area contributed by atoms with E-state index in [2.05, 4.69) is 47.1 Å². The van der Waals surface area contributed by atoms with Crippen molar-refractivity contribution in [3.8, 4) is 23.4 Å². The summed E-state index contributed by atoms with van der Waals surface area (Å²) in [5, 5.41) is 24.3. The first-order chi connectivity index (χ1) is 15.3. The van der Waals surface area contributed by atoms with E-state index in [1.807, 2.05) is 23.1 Å². The molecular formula is C21H18N10. The number of nitrogens with one attached hydrogen (secondary N) is 1. The normalized spacial score (nSPS) is 16.8. The summed E-state index contributed by atoms with van der Waals surface area (Å²) in [6, 6.07) is 6.32. The molecule has 0 bridgehead atoms. The predicted molar refractivity (Wildman–Crippen MR) is 111 cm³/mol. The maximum absolute atomic E-state index is 9.47. The Morgan fingerprint density at radius 3 is 3.00 bits per heavy atom. The molecule has 31 heavy (non-hydrogen) atoms. The maximum Gasteiger partial charge on any atom is 0.149 e. The molecule has 2 atom stereocenters. The Morgan fingerprint density at radius 2 is 2.13 bits per heavy atom. The van der Waals surface area contributed by atoms with Gasteiger partial charge in [-0.2, -0.15) is 15.6 Å². The molecule has 10 heteroatoms. The van der Waals surface area contributed by atoms with Crippen LogP contribution in [0.5, 0.6) is 0 Å². The van der Waals surface area contributed by atoms with Gasteiger partial charge in [0.1, 0.15) is 35.8 Å². The highest BCUT2D eigenvalue weighted by atomic mass is 15.3. The van der Waals surface area contributed by atoms with Gasteiger partial charge in [-0.1, -0.05) is 0 Å². The van der Waals surface area contributed by atoms with Gasteiger partial charge in [-0.3, -0.25) is 4.68 Å². The van der Waals surface area contributed by atoms with Crippen molar-refractivity contribution in [1.29, 1.82) is 10.5 Å². The monoisotopic (exact) mass is 410 g/mol. The third-order valence-electron chi connectivity index (χ3n) is 5.75. The van der Waals surface area contributed by atoms with Gasteiger partial charge in [-0.15, -0.1) is 0 Å². The van der Waals surface area contributed by atoms with E-state index in [1.54, 1.807) is 6.20 Å². The fourth-order valence-corrected chi connectivity index (χ4v) is 4.26. The lowest BCUT2D eigenvalue weighted by molar-refractivity contribution is 0.332. The number of rotatable bonds is 5. The topological polar surface area (TPSA) is 136 Å². The van der Waals surface area contributed by atoms with Gasteiger partial charge in [0, 0.05) is 42.4 Å². The minimum Gasteiger partial charge on any atom is -0.355 e. The summed E-state index contributed by atoms with van der Waals surface area (Å²) in [6.07, 6.45) is 11.3. The minimum absolute atomic E-state index is 0.0836. The Balaban J connectivity index is 1.42. The quantitative estimate of drug-likeness (QED) is 0.530. The lowest BCUT2D eigenvalue weighted by atomic mass is 9.96. The Kier molecular flexibility index (Phi) is 4.73. The smallest absolute Gasteiger partial charge is 0.149 e. The molecule has 0 aromatic carbocycles. The Hall–Kier alpha value is -4.31. The van der Waals surface area contributed by atoms with E-state index < -0.39 is 0 Å². The SMILES string of the molecule is N#CCC(C1CCN(c2ncncc2C#N)C1)n1cc(-c2ncnc3[nH]ccc23)cn1. The second-order valence-corrected chi connectivity index (χ2v) is 7.47. The zero-order valence-corrected chi connectivity index (χ0v) is 16.5. The van der Waals surface area contributed by atoms with Crippen LogP contribution >= 0.6 is 0 Å². The summed E-state index contributed by atoms with van der Waals surface area (Å²) in [6.45, 7) is 1.46. The lowest BCUT2D eigenvalue weighted by Gasteiger charge is -2.23. The van der Waals surface area contributed by atoms with E-state index in [0.717, 1.165) is 35.3 Å². The van der Waals surface area contributed by atoms with Crippen molar-refractivity contribution in [2.45, 2.75) is 18.9 Å². The number of H-pyrrole nitrogens is 1. The summed E-state index contributed by atoms with van der Waals surface area (Å²) >= 11 is 0. The van der Waals surface area contributed by atoms with Crippen LogP contribution < -0.4 is 4.90 Å². The Bertz CT molecular complexity index is 1310. The minimum atomic E-state index is -0.0836. The first-order valence-corrected chi connectivity index (χ1v) is 9.93. The highest BCUT2D eigenvalue weighted by molar-refractivity contribution is 5.89. The number of nitrogens with zero attached hydrogens (tertiary/aromatic N) is 9. The average molecular weight is 410 g/mol. The lowest BCUT2D eigenvalue weighted by Crippen LogP contribution is -2.26. The molecule has 1 aliphatic rings. The average Bonchev–Trinajstić information content (AvgIpc) is 3.57. The molecule has 1 N–H and O–H groups in total. The zero-order valence-electron chi connectivity index (χ0n) is 16.5. The summed E-state index contributed by atoms with van der Waals surface area (Å²) < 4.78 is 1.87. The molecule has 2 unspecified atom stereocenters. The number of anilines is 1. The van der Waals surface area contributed by atoms with Crippen molar-refractivity contribution < 1.29 is 0 Å². The molecule has 4 aromatic heterocycles. The second-order valence-electron chi connectivity index (χ2n) is 7.47. The third kappa shape index (κ3) is 3.34. The van der Waals surface area contributed by atoms with Crippen LogP contribution in [0.15, 0.2) is 43.5 Å². The van der Waals surface area contributed by atoms with Gasteiger partial charge in [-0.05, 0) is 12.5 Å². The van der Waals surface area contributed by atoms with Crippen molar-refractivity contribution in [3.05, 3.63) is 49.1 Å². The summed E-state index contributed by atoms with van der Waals surface area (Å²) in [7, 11) is 0. The molecular weight excluding hydrogens is 392 g/mol. The molecule has 152 valence electrons. The third-order valence-corrected chi connectivity index (χ3v) is 5.75. The Morgan fingerprint density at radius 1 is 1.19 bits per heavy atom. The summed E-state index contributed by atoms with van der Waals surface area (Å²) in [5.74, 6) is 0.847. The molecule has 0 amide bonds. The van der Waals surface area contributed by atoms with Crippen LogP contribution in [0, 0.1) is 28.6 Å². The highest BCUT2D eigenvalue weighted by Gasteiger charge is 2.33. The summed E-state index contributed by atoms with van der Waals surface area (Å²) in [4.78, 5) is 22.1.